The molecule has 0 saturated heterocycles. The van der Waals surface area contributed by atoms with Gasteiger partial charge in [0.2, 0.25) is 0 Å². The lowest BCUT2D eigenvalue weighted by Crippen LogP contribution is -2.42. The molecule has 352 valence electrons. The van der Waals surface area contributed by atoms with Crippen LogP contribution in [0, 0.1) is 36.9 Å². The van der Waals surface area contributed by atoms with Crippen molar-refractivity contribution in [3.63, 3.8) is 0 Å². The molecular formula is C47H65FN4O10S2. The number of nitrogens with zero attached hydrogens (tertiary/aromatic N) is 3. The molecule has 14 nitrogen and oxygen atoms in total. The molecule has 0 radical (unpaired) electrons. The number of sulfone groups is 2. The number of fused-ring (bicyclic) bond motifs is 2. The number of hydrogen-bond acceptors (Lipinski definition) is 12. The van der Waals surface area contributed by atoms with Gasteiger partial charge in [0.15, 0.2) is 19.7 Å². The van der Waals surface area contributed by atoms with Gasteiger partial charge in [0.1, 0.15) is 5.82 Å². The third-order valence-electron chi connectivity index (χ3n) is 13.0. The smallest absolute Gasteiger partial charge is 0.269 e. The minimum absolute atomic E-state index is 0. The van der Waals surface area contributed by atoms with Crippen LogP contribution in [0.5, 0.6) is 0 Å². The summed E-state index contributed by atoms with van der Waals surface area (Å²) in [6.07, 6.45) is 3.05. The van der Waals surface area contributed by atoms with E-state index in [1.165, 1.54) is 36.4 Å². The Bertz CT molecular complexity index is 2500. The average Bonchev–Trinajstić information content (AvgIpc) is 3.36. The summed E-state index contributed by atoms with van der Waals surface area (Å²) in [5.74, 6) is -2.60. The van der Waals surface area contributed by atoms with E-state index in [0.717, 1.165) is 43.5 Å². The Morgan fingerprint density at radius 1 is 0.672 bits per heavy atom. The SMILES string of the molecule is C.CCCC[C@]1(CC)CS(=O)(=O)c2ccc(F)cc2[C@@H](c2cccc([N+](=O)[O-])c2)[C@H]1O.CCCC[C@]1(CC)CS(=O)(=O)c2ccc(N(C)C)cc2[C@@H](c2cccc([N+](=O)[O-])c2)[C@H]1O.N. The lowest BCUT2D eigenvalue weighted by Gasteiger charge is -2.39. The van der Waals surface area contributed by atoms with E-state index in [9.17, 15) is 51.7 Å². The number of benzene rings is 4. The Morgan fingerprint density at radius 3 is 1.45 bits per heavy atom. The van der Waals surface area contributed by atoms with Crippen molar-refractivity contribution < 1.29 is 41.3 Å². The molecule has 0 unspecified atom stereocenters. The first-order valence-electron chi connectivity index (χ1n) is 21.1. The van der Waals surface area contributed by atoms with Crippen molar-refractivity contribution in [3.8, 4) is 0 Å². The molecule has 0 aromatic heterocycles. The standard InChI is InChI=1S/C24H32N2O5S.C22H26FNO5S.CH4.H3N/c1-5-7-13-24(6-2)16-32(30,31)21-12-11-18(25(3)4)15-20(21)22(23(24)27)17-9-8-10-19(14-17)26(28)29;1-3-5-11-22(4-2)14-30(28,29)19-10-9-16(23)13-18(19)20(21(22)25)15-7-6-8-17(12-15)24(26)27;;/h8-12,14-15,22-23,27H,5-7,13,16H2,1-4H3;6-10,12-13,20-21,25H,3-5,11,14H2,1-2H3;1H4;1H3/t22-,23-,24-;20-,21-,22-;;/m11../s1. The van der Waals surface area contributed by atoms with Crippen LogP contribution in [-0.4, -0.2) is 74.7 Å². The molecule has 6 atom stereocenters. The molecule has 4 aromatic carbocycles. The summed E-state index contributed by atoms with van der Waals surface area (Å²) in [4.78, 5) is 23.8. The van der Waals surface area contributed by atoms with Gasteiger partial charge in [0.05, 0.1) is 43.4 Å². The van der Waals surface area contributed by atoms with Gasteiger partial charge in [-0.25, -0.2) is 21.2 Å². The molecular weight excluding hydrogens is 864 g/mol. The normalized spacial score (nSPS) is 24.1. The average molecular weight is 929 g/mol. The van der Waals surface area contributed by atoms with Gasteiger partial charge in [-0.1, -0.05) is 85.1 Å². The van der Waals surface area contributed by atoms with Crippen LogP contribution in [0.3, 0.4) is 0 Å². The highest BCUT2D eigenvalue weighted by molar-refractivity contribution is 7.91. The number of aliphatic hydroxyl groups excluding tert-OH is 2. The molecule has 0 spiro atoms. The number of hydrogen-bond donors (Lipinski definition) is 3. The molecule has 2 aliphatic rings. The molecule has 6 rings (SSSR count). The number of rotatable bonds is 13. The van der Waals surface area contributed by atoms with E-state index >= 15 is 0 Å². The number of anilines is 1. The molecule has 17 heteroatoms. The Balaban J connectivity index is 0.000000331. The molecule has 5 N–H and O–H groups in total. The van der Waals surface area contributed by atoms with Gasteiger partial charge in [-0.2, -0.15) is 0 Å². The Kier molecular flexibility index (Phi) is 17.9. The van der Waals surface area contributed by atoms with E-state index < -0.39 is 70.2 Å². The zero-order valence-electron chi connectivity index (χ0n) is 36.9. The zero-order chi connectivity index (χ0) is 45.8. The first-order chi connectivity index (χ1) is 29.2. The lowest BCUT2D eigenvalue weighted by molar-refractivity contribution is -0.385. The van der Waals surface area contributed by atoms with Crippen molar-refractivity contribution in [2.75, 3.05) is 30.5 Å². The van der Waals surface area contributed by atoms with Crippen molar-refractivity contribution >= 4 is 36.7 Å². The molecule has 64 heavy (non-hydrogen) atoms. The van der Waals surface area contributed by atoms with Gasteiger partial charge in [0, 0.05) is 66.7 Å². The molecule has 0 fully saturated rings. The second kappa shape index (κ2) is 21.5. The number of nitro groups is 2. The van der Waals surface area contributed by atoms with Crippen LogP contribution < -0.4 is 11.1 Å². The van der Waals surface area contributed by atoms with E-state index in [2.05, 4.69) is 0 Å². The van der Waals surface area contributed by atoms with Crippen LogP contribution in [0.25, 0.3) is 0 Å². The van der Waals surface area contributed by atoms with Gasteiger partial charge in [0.25, 0.3) is 11.4 Å². The molecule has 0 amide bonds. The van der Waals surface area contributed by atoms with Crippen LogP contribution in [0.2, 0.25) is 0 Å². The van der Waals surface area contributed by atoms with Crippen LogP contribution in [0.4, 0.5) is 21.5 Å². The molecule has 4 aromatic rings. The lowest BCUT2D eigenvalue weighted by atomic mass is 9.69. The molecule has 0 bridgehead atoms. The number of non-ortho nitro benzene ring substituents is 2. The second-order valence-electron chi connectivity index (χ2n) is 17.0. The summed E-state index contributed by atoms with van der Waals surface area (Å²) in [6.45, 7) is 7.79. The van der Waals surface area contributed by atoms with Gasteiger partial charge < -0.3 is 21.3 Å². The molecule has 2 aliphatic heterocycles. The van der Waals surface area contributed by atoms with Crippen LogP contribution >= 0.6 is 0 Å². The maximum absolute atomic E-state index is 14.2. The number of unbranched alkanes of at least 4 members (excludes halogenated alkanes) is 2. The fraction of sp³-hybridized carbons (Fsp3) is 0.489. The second-order valence-corrected chi connectivity index (χ2v) is 20.9. The number of aliphatic hydroxyl groups is 2. The monoisotopic (exact) mass is 928 g/mol. The van der Waals surface area contributed by atoms with Crippen molar-refractivity contribution in [2.24, 2.45) is 10.8 Å². The minimum atomic E-state index is -3.81. The summed E-state index contributed by atoms with van der Waals surface area (Å²) in [6, 6.07) is 20.6. The van der Waals surface area contributed by atoms with E-state index in [0.29, 0.717) is 42.4 Å². The quantitative estimate of drug-likeness (QED) is 0.0646. The van der Waals surface area contributed by atoms with Crippen LogP contribution in [-0.2, 0) is 19.7 Å². The minimum Gasteiger partial charge on any atom is -0.392 e. The third-order valence-corrected chi connectivity index (χ3v) is 17.0. The predicted octanol–water partition coefficient (Wildman–Crippen LogP) is 9.93. The van der Waals surface area contributed by atoms with Gasteiger partial charge >= 0.3 is 0 Å². The summed E-state index contributed by atoms with van der Waals surface area (Å²) in [5, 5.41) is 46.2. The van der Waals surface area contributed by atoms with Crippen molar-refractivity contribution in [1.82, 2.24) is 6.15 Å². The summed E-state index contributed by atoms with van der Waals surface area (Å²) in [7, 11) is -3.76. The van der Waals surface area contributed by atoms with E-state index in [1.54, 1.807) is 36.4 Å². The molecule has 2 heterocycles. The topological polar surface area (TPSA) is 233 Å². The van der Waals surface area contributed by atoms with Crippen LogP contribution in [0.1, 0.15) is 121 Å². The van der Waals surface area contributed by atoms with Gasteiger partial charge in [-0.3, -0.25) is 20.2 Å². The zero-order valence-corrected chi connectivity index (χ0v) is 38.5. The Labute approximate surface area is 377 Å². The highest BCUT2D eigenvalue weighted by Gasteiger charge is 2.50. The van der Waals surface area contributed by atoms with Crippen molar-refractivity contribution in [2.45, 2.75) is 120 Å². The largest absolute Gasteiger partial charge is 0.392 e. The first kappa shape index (κ1) is 53.5. The van der Waals surface area contributed by atoms with E-state index in [1.807, 2.05) is 46.7 Å². The number of halogens is 1. The fourth-order valence-corrected chi connectivity index (χ4v) is 13.9. The highest BCUT2D eigenvalue weighted by Crippen LogP contribution is 2.51. The van der Waals surface area contributed by atoms with Crippen LogP contribution in [0.15, 0.2) is 94.7 Å². The predicted molar refractivity (Wildman–Crippen MR) is 249 cm³/mol. The van der Waals surface area contributed by atoms with Gasteiger partial charge in [-0.05, 0) is 84.3 Å². The summed E-state index contributed by atoms with van der Waals surface area (Å²) >= 11 is 0. The fourth-order valence-electron chi connectivity index (χ4n) is 9.38. The van der Waals surface area contributed by atoms with Gasteiger partial charge in [-0.15, -0.1) is 0 Å². The first-order valence-corrected chi connectivity index (χ1v) is 24.4. The Morgan fingerprint density at radius 2 is 1.08 bits per heavy atom. The maximum atomic E-state index is 14.2. The molecule has 0 aliphatic carbocycles. The van der Waals surface area contributed by atoms with E-state index in [4.69, 9.17) is 0 Å². The summed E-state index contributed by atoms with van der Waals surface area (Å²) in [5.41, 5.74) is 0.361. The number of nitro benzene ring substituents is 2. The third kappa shape index (κ3) is 10.8. The Hall–Kier alpha value is -4.81. The van der Waals surface area contributed by atoms with E-state index in [-0.39, 0.29) is 51.8 Å². The highest BCUT2D eigenvalue weighted by atomic mass is 32.2. The maximum Gasteiger partial charge on any atom is 0.269 e. The van der Waals surface area contributed by atoms with Crippen molar-refractivity contribution in [1.29, 1.82) is 0 Å². The van der Waals surface area contributed by atoms with Crippen molar-refractivity contribution in [3.05, 3.63) is 133 Å². The summed E-state index contributed by atoms with van der Waals surface area (Å²) < 4.78 is 67.9. The molecule has 0 saturated carbocycles.